The Bertz CT molecular complexity index is 328. The van der Waals surface area contributed by atoms with Crippen molar-refractivity contribution in [2.45, 2.75) is 65.5 Å². The minimum Gasteiger partial charge on any atom is -0.357 e. The van der Waals surface area contributed by atoms with Crippen LogP contribution in [0.3, 0.4) is 0 Å². The molecule has 0 aromatic heterocycles. The molecule has 122 valence electrons. The van der Waals surface area contributed by atoms with Crippen LogP contribution in [0.2, 0.25) is 0 Å². The lowest BCUT2D eigenvalue weighted by Crippen LogP contribution is -2.46. The molecule has 1 aliphatic heterocycles. The van der Waals surface area contributed by atoms with Gasteiger partial charge in [0.05, 0.1) is 6.54 Å². The Morgan fingerprint density at radius 2 is 1.86 bits per heavy atom. The SMILES string of the molecule is CCNC(=NCC(C(C)C)N1CCC(C)CC1)NC1CC1. The maximum atomic E-state index is 4.86. The monoisotopic (exact) mass is 294 g/mol. The third-order valence-corrected chi connectivity index (χ3v) is 4.76. The lowest BCUT2D eigenvalue weighted by atomic mass is 9.94. The fourth-order valence-electron chi connectivity index (χ4n) is 3.03. The van der Waals surface area contributed by atoms with Crippen molar-refractivity contribution in [3.05, 3.63) is 0 Å². The maximum absolute atomic E-state index is 4.86. The summed E-state index contributed by atoms with van der Waals surface area (Å²) < 4.78 is 0. The molecule has 1 saturated heterocycles. The summed E-state index contributed by atoms with van der Waals surface area (Å²) in [5.41, 5.74) is 0. The van der Waals surface area contributed by atoms with Gasteiger partial charge in [-0.1, -0.05) is 20.8 Å². The van der Waals surface area contributed by atoms with Crippen molar-refractivity contribution >= 4 is 5.96 Å². The molecule has 0 radical (unpaired) electrons. The van der Waals surface area contributed by atoms with Crippen molar-refractivity contribution in [3.63, 3.8) is 0 Å². The van der Waals surface area contributed by atoms with E-state index in [-0.39, 0.29) is 0 Å². The number of guanidine groups is 1. The number of likely N-dealkylation sites (tertiary alicyclic amines) is 1. The second-order valence-corrected chi connectivity index (χ2v) is 7.17. The van der Waals surface area contributed by atoms with Gasteiger partial charge in [0, 0.05) is 18.6 Å². The molecule has 2 fully saturated rings. The van der Waals surface area contributed by atoms with Crippen molar-refractivity contribution < 1.29 is 0 Å². The van der Waals surface area contributed by atoms with Gasteiger partial charge in [0.2, 0.25) is 0 Å². The molecule has 1 heterocycles. The number of nitrogens with one attached hydrogen (secondary N) is 2. The van der Waals surface area contributed by atoms with E-state index in [0.717, 1.165) is 25.0 Å². The van der Waals surface area contributed by atoms with Gasteiger partial charge in [0.15, 0.2) is 5.96 Å². The molecule has 1 saturated carbocycles. The first-order chi connectivity index (χ1) is 10.1. The zero-order valence-corrected chi connectivity index (χ0v) is 14.4. The Morgan fingerprint density at radius 1 is 1.19 bits per heavy atom. The zero-order valence-electron chi connectivity index (χ0n) is 14.4. The first-order valence-corrected chi connectivity index (χ1v) is 8.89. The highest BCUT2D eigenvalue weighted by atomic mass is 15.2. The van der Waals surface area contributed by atoms with E-state index in [2.05, 4.69) is 43.2 Å². The number of piperidine rings is 1. The van der Waals surface area contributed by atoms with Gasteiger partial charge in [-0.2, -0.15) is 0 Å². The van der Waals surface area contributed by atoms with Crippen LogP contribution in [-0.4, -0.2) is 49.1 Å². The molecule has 0 aromatic rings. The van der Waals surface area contributed by atoms with Crippen molar-refractivity contribution in [2.75, 3.05) is 26.2 Å². The Hall–Kier alpha value is -0.770. The molecule has 0 spiro atoms. The van der Waals surface area contributed by atoms with Gasteiger partial charge >= 0.3 is 0 Å². The highest BCUT2D eigenvalue weighted by Gasteiger charge is 2.26. The molecule has 2 aliphatic rings. The molecular formula is C17H34N4. The normalized spacial score (nSPS) is 23.4. The Kier molecular flexibility index (Phi) is 6.34. The van der Waals surface area contributed by atoms with Crippen LogP contribution in [0.5, 0.6) is 0 Å². The largest absolute Gasteiger partial charge is 0.357 e. The van der Waals surface area contributed by atoms with E-state index in [0.29, 0.717) is 18.0 Å². The first-order valence-electron chi connectivity index (χ1n) is 8.89. The van der Waals surface area contributed by atoms with Gasteiger partial charge < -0.3 is 10.6 Å². The van der Waals surface area contributed by atoms with E-state index in [9.17, 15) is 0 Å². The maximum Gasteiger partial charge on any atom is 0.191 e. The van der Waals surface area contributed by atoms with Crippen LogP contribution in [0, 0.1) is 11.8 Å². The van der Waals surface area contributed by atoms with E-state index < -0.39 is 0 Å². The molecule has 4 heteroatoms. The summed E-state index contributed by atoms with van der Waals surface area (Å²) in [4.78, 5) is 7.52. The first kappa shape index (κ1) is 16.6. The highest BCUT2D eigenvalue weighted by molar-refractivity contribution is 5.80. The van der Waals surface area contributed by atoms with Crippen LogP contribution < -0.4 is 10.6 Å². The van der Waals surface area contributed by atoms with Gasteiger partial charge in [0.25, 0.3) is 0 Å². The smallest absolute Gasteiger partial charge is 0.191 e. The molecule has 1 unspecified atom stereocenters. The fraction of sp³-hybridized carbons (Fsp3) is 0.941. The Labute approximate surface area is 130 Å². The zero-order chi connectivity index (χ0) is 15.2. The van der Waals surface area contributed by atoms with Crippen LogP contribution in [0.15, 0.2) is 4.99 Å². The topological polar surface area (TPSA) is 39.7 Å². The number of hydrogen-bond donors (Lipinski definition) is 2. The predicted octanol–water partition coefficient (Wildman–Crippen LogP) is 2.46. The Morgan fingerprint density at radius 3 is 2.38 bits per heavy atom. The quantitative estimate of drug-likeness (QED) is 0.584. The van der Waals surface area contributed by atoms with E-state index in [4.69, 9.17) is 4.99 Å². The number of aliphatic imine (C=N–C) groups is 1. The lowest BCUT2D eigenvalue weighted by Gasteiger charge is -2.38. The van der Waals surface area contributed by atoms with Crippen molar-refractivity contribution in [2.24, 2.45) is 16.8 Å². The number of rotatable bonds is 6. The third kappa shape index (κ3) is 5.50. The van der Waals surface area contributed by atoms with Crippen molar-refractivity contribution in [1.29, 1.82) is 0 Å². The molecule has 4 nitrogen and oxygen atoms in total. The van der Waals surface area contributed by atoms with E-state index >= 15 is 0 Å². The number of hydrogen-bond acceptors (Lipinski definition) is 2. The van der Waals surface area contributed by atoms with E-state index in [1.165, 1.54) is 38.8 Å². The van der Waals surface area contributed by atoms with Crippen LogP contribution in [0.1, 0.15) is 53.4 Å². The van der Waals surface area contributed by atoms with Crippen molar-refractivity contribution in [3.8, 4) is 0 Å². The summed E-state index contributed by atoms with van der Waals surface area (Å²) in [7, 11) is 0. The van der Waals surface area contributed by atoms with Gasteiger partial charge in [0.1, 0.15) is 0 Å². The summed E-state index contributed by atoms with van der Waals surface area (Å²) in [6.45, 7) is 13.5. The second-order valence-electron chi connectivity index (χ2n) is 7.17. The molecule has 21 heavy (non-hydrogen) atoms. The average molecular weight is 294 g/mol. The molecule has 0 aromatic carbocycles. The van der Waals surface area contributed by atoms with Crippen molar-refractivity contribution in [1.82, 2.24) is 15.5 Å². The summed E-state index contributed by atoms with van der Waals surface area (Å²) in [5.74, 6) is 2.56. The summed E-state index contributed by atoms with van der Waals surface area (Å²) in [6, 6.07) is 1.24. The Balaban J connectivity index is 1.90. The molecular weight excluding hydrogens is 260 g/mol. The fourth-order valence-corrected chi connectivity index (χ4v) is 3.03. The van der Waals surface area contributed by atoms with Gasteiger partial charge in [-0.05, 0) is 57.5 Å². The van der Waals surface area contributed by atoms with Gasteiger partial charge in [-0.25, -0.2) is 0 Å². The standard InChI is InChI=1S/C17H34N4/c1-5-18-17(20-15-6-7-15)19-12-16(13(2)3)21-10-8-14(4)9-11-21/h13-16H,5-12H2,1-4H3,(H2,18,19,20). The van der Waals surface area contributed by atoms with Crippen LogP contribution in [0.25, 0.3) is 0 Å². The molecule has 1 aliphatic carbocycles. The highest BCUT2D eigenvalue weighted by Crippen LogP contribution is 2.22. The molecule has 2 rings (SSSR count). The molecule has 0 bridgehead atoms. The predicted molar refractivity (Wildman–Crippen MR) is 90.7 cm³/mol. The van der Waals surface area contributed by atoms with E-state index in [1.807, 2.05) is 0 Å². The molecule has 2 N–H and O–H groups in total. The van der Waals surface area contributed by atoms with Crippen LogP contribution in [-0.2, 0) is 0 Å². The average Bonchev–Trinajstić information content (AvgIpc) is 3.24. The molecule has 0 amide bonds. The summed E-state index contributed by atoms with van der Waals surface area (Å²) in [5, 5.41) is 6.90. The minimum absolute atomic E-state index is 0.576. The van der Waals surface area contributed by atoms with Crippen LogP contribution in [0.4, 0.5) is 0 Å². The minimum atomic E-state index is 0.576. The molecule has 1 atom stereocenters. The second kappa shape index (κ2) is 8.02. The van der Waals surface area contributed by atoms with Crippen LogP contribution >= 0.6 is 0 Å². The third-order valence-electron chi connectivity index (χ3n) is 4.76. The summed E-state index contributed by atoms with van der Waals surface area (Å²) in [6.07, 6.45) is 5.27. The number of nitrogens with zero attached hydrogens (tertiary/aromatic N) is 2. The van der Waals surface area contributed by atoms with Gasteiger partial charge in [-0.15, -0.1) is 0 Å². The summed E-state index contributed by atoms with van der Waals surface area (Å²) >= 11 is 0. The lowest BCUT2D eigenvalue weighted by molar-refractivity contribution is 0.113. The van der Waals surface area contributed by atoms with Gasteiger partial charge in [-0.3, -0.25) is 9.89 Å². The van der Waals surface area contributed by atoms with E-state index in [1.54, 1.807) is 0 Å².